The van der Waals surface area contributed by atoms with Gasteiger partial charge in [-0.2, -0.15) is 0 Å². The molecule has 0 amide bonds. The summed E-state index contributed by atoms with van der Waals surface area (Å²) in [4.78, 5) is 12.0. The van der Waals surface area contributed by atoms with E-state index in [-0.39, 0.29) is 6.04 Å². The van der Waals surface area contributed by atoms with E-state index in [1.165, 1.54) is 12.8 Å². The summed E-state index contributed by atoms with van der Waals surface area (Å²) >= 11 is 0. The van der Waals surface area contributed by atoms with E-state index in [0.717, 1.165) is 22.7 Å². The summed E-state index contributed by atoms with van der Waals surface area (Å²) in [5.41, 5.74) is 8.82. The van der Waals surface area contributed by atoms with Crippen LogP contribution in [0.3, 0.4) is 0 Å². The minimum Gasteiger partial charge on any atom is -0.339 e. The van der Waals surface area contributed by atoms with E-state index < -0.39 is 0 Å². The zero-order valence-corrected chi connectivity index (χ0v) is 8.70. The van der Waals surface area contributed by atoms with E-state index in [1.54, 1.807) is 0 Å². The van der Waals surface area contributed by atoms with Crippen molar-refractivity contribution in [1.29, 1.82) is 0 Å². The molecule has 78 valence electrons. The molecule has 0 aromatic carbocycles. The summed E-state index contributed by atoms with van der Waals surface area (Å²) in [5.74, 6) is 1.50. The molecule has 0 saturated heterocycles. The number of aromatic amines is 1. The maximum Gasteiger partial charge on any atom is 0.177 e. The lowest BCUT2D eigenvalue weighted by Crippen LogP contribution is -2.13. The SMILES string of the molecule is Cc1ccc2[nH]c(C(N)C3CC3)nc2n1. The quantitative estimate of drug-likeness (QED) is 0.778. The van der Waals surface area contributed by atoms with E-state index >= 15 is 0 Å². The van der Waals surface area contributed by atoms with Crippen LogP contribution in [0.5, 0.6) is 0 Å². The van der Waals surface area contributed by atoms with Gasteiger partial charge in [0, 0.05) is 5.69 Å². The van der Waals surface area contributed by atoms with Gasteiger partial charge in [0.15, 0.2) is 5.65 Å². The van der Waals surface area contributed by atoms with Gasteiger partial charge in [-0.3, -0.25) is 0 Å². The van der Waals surface area contributed by atoms with E-state index in [4.69, 9.17) is 5.73 Å². The molecule has 1 unspecified atom stereocenters. The number of hydrogen-bond donors (Lipinski definition) is 2. The van der Waals surface area contributed by atoms with Crippen molar-refractivity contribution >= 4 is 11.2 Å². The van der Waals surface area contributed by atoms with Crippen LogP contribution >= 0.6 is 0 Å². The molecule has 1 atom stereocenters. The summed E-state index contributed by atoms with van der Waals surface area (Å²) in [6.45, 7) is 1.97. The maximum absolute atomic E-state index is 6.08. The Balaban J connectivity index is 2.05. The van der Waals surface area contributed by atoms with Crippen molar-refractivity contribution in [2.75, 3.05) is 0 Å². The number of aromatic nitrogens is 3. The van der Waals surface area contributed by atoms with Crippen LogP contribution in [-0.4, -0.2) is 15.0 Å². The largest absolute Gasteiger partial charge is 0.339 e. The van der Waals surface area contributed by atoms with Gasteiger partial charge in [0.25, 0.3) is 0 Å². The van der Waals surface area contributed by atoms with Crippen LogP contribution in [-0.2, 0) is 0 Å². The number of H-pyrrole nitrogens is 1. The standard InChI is InChI=1S/C11H14N4/c1-6-2-5-8-10(13-6)15-11(14-8)9(12)7-3-4-7/h2,5,7,9H,3-4,12H2,1H3,(H,13,14,15). The highest BCUT2D eigenvalue weighted by Gasteiger charge is 2.31. The molecule has 1 aliphatic carbocycles. The highest BCUT2D eigenvalue weighted by molar-refractivity contribution is 5.70. The van der Waals surface area contributed by atoms with Gasteiger partial charge in [-0.1, -0.05) is 0 Å². The van der Waals surface area contributed by atoms with Crippen molar-refractivity contribution in [3.63, 3.8) is 0 Å². The zero-order valence-electron chi connectivity index (χ0n) is 8.70. The normalized spacial score (nSPS) is 18.3. The number of nitrogens with zero attached hydrogens (tertiary/aromatic N) is 2. The number of pyridine rings is 1. The minimum atomic E-state index is 0.0551. The number of rotatable bonds is 2. The molecule has 0 aliphatic heterocycles. The lowest BCUT2D eigenvalue weighted by atomic mass is 10.2. The molecular weight excluding hydrogens is 188 g/mol. The third-order valence-electron chi connectivity index (χ3n) is 2.95. The first kappa shape index (κ1) is 8.85. The summed E-state index contributed by atoms with van der Waals surface area (Å²) in [5, 5.41) is 0. The number of fused-ring (bicyclic) bond motifs is 1. The minimum absolute atomic E-state index is 0.0551. The second-order valence-corrected chi connectivity index (χ2v) is 4.31. The molecule has 2 aromatic rings. The van der Waals surface area contributed by atoms with Gasteiger partial charge >= 0.3 is 0 Å². The van der Waals surface area contributed by atoms with Gasteiger partial charge in [-0.05, 0) is 37.8 Å². The van der Waals surface area contributed by atoms with Crippen LogP contribution in [0, 0.1) is 12.8 Å². The van der Waals surface area contributed by atoms with Gasteiger partial charge in [-0.25, -0.2) is 9.97 Å². The van der Waals surface area contributed by atoms with Gasteiger partial charge in [0.1, 0.15) is 5.82 Å². The lowest BCUT2D eigenvalue weighted by molar-refractivity contribution is 0.602. The topological polar surface area (TPSA) is 67.6 Å². The van der Waals surface area contributed by atoms with Crippen molar-refractivity contribution in [3.05, 3.63) is 23.7 Å². The number of aryl methyl sites for hydroxylation is 1. The second-order valence-electron chi connectivity index (χ2n) is 4.31. The van der Waals surface area contributed by atoms with Crippen LogP contribution in [0.4, 0.5) is 0 Å². The van der Waals surface area contributed by atoms with Crippen LogP contribution in [0.1, 0.15) is 30.4 Å². The monoisotopic (exact) mass is 202 g/mol. The molecule has 0 radical (unpaired) electrons. The third-order valence-corrected chi connectivity index (χ3v) is 2.95. The average Bonchev–Trinajstić information content (AvgIpc) is 2.97. The van der Waals surface area contributed by atoms with Crippen LogP contribution in [0.2, 0.25) is 0 Å². The number of nitrogens with two attached hydrogens (primary N) is 1. The summed E-state index contributed by atoms with van der Waals surface area (Å²) < 4.78 is 0. The van der Waals surface area contributed by atoms with Crippen LogP contribution < -0.4 is 5.73 Å². The second kappa shape index (κ2) is 3.03. The Labute approximate surface area is 87.9 Å². The van der Waals surface area contributed by atoms with E-state index in [1.807, 2.05) is 19.1 Å². The van der Waals surface area contributed by atoms with E-state index in [9.17, 15) is 0 Å². The molecule has 1 saturated carbocycles. The Bertz CT molecular complexity index is 498. The Hall–Kier alpha value is -1.42. The smallest absolute Gasteiger partial charge is 0.177 e. The maximum atomic E-state index is 6.08. The number of hydrogen-bond acceptors (Lipinski definition) is 3. The van der Waals surface area contributed by atoms with Crippen LogP contribution in [0.25, 0.3) is 11.2 Å². The molecule has 2 heterocycles. The lowest BCUT2D eigenvalue weighted by Gasteiger charge is -2.04. The van der Waals surface area contributed by atoms with Crippen molar-refractivity contribution in [3.8, 4) is 0 Å². The first-order valence-electron chi connectivity index (χ1n) is 5.33. The molecule has 3 N–H and O–H groups in total. The summed E-state index contributed by atoms with van der Waals surface area (Å²) in [6, 6.07) is 4.04. The van der Waals surface area contributed by atoms with Gasteiger partial charge < -0.3 is 10.7 Å². The predicted molar refractivity (Wildman–Crippen MR) is 58.3 cm³/mol. The molecule has 2 aromatic heterocycles. The predicted octanol–water partition coefficient (Wildman–Crippen LogP) is 1.68. The first-order valence-corrected chi connectivity index (χ1v) is 5.33. The molecule has 15 heavy (non-hydrogen) atoms. The Morgan fingerprint density at radius 2 is 2.20 bits per heavy atom. The summed E-state index contributed by atoms with van der Waals surface area (Å²) in [7, 11) is 0. The zero-order chi connectivity index (χ0) is 10.4. The van der Waals surface area contributed by atoms with Crippen molar-refractivity contribution in [2.24, 2.45) is 11.7 Å². The van der Waals surface area contributed by atoms with Gasteiger partial charge in [-0.15, -0.1) is 0 Å². The fourth-order valence-corrected chi connectivity index (χ4v) is 1.84. The molecule has 0 bridgehead atoms. The molecule has 1 aliphatic rings. The fourth-order valence-electron chi connectivity index (χ4n) is 1.84. The van der Waals surface area contributed by atoms with E-state index in [0.29, 0.717) is 5.92 Å². The molecule has 1 fully saturated rings. The number of imidazole rings is 1. The van der Waals surface area contributed by atoms with Crippen LogP contribution in [0.15, 0.2) is 12.1 Å². The number of nitrogens with one attached hydrogen (secondary N) is 1. The highest BCUT2D eigenvalue weighted by atomic mass is 15.0. The van der Waals surface area contributed by atoms with Crippen molar-refractivity contribution < 1.29 is 0 Å². The fraction of sp³-hybridized carbons (Fsp3) is 0.455. The third kappa shape index (κ3) is 1.51. The Kier molecular flexibility index (Phi) is 1.79. The Morgan fingerprint density at radius 1 is 1.40 bits per heavy atom. The molecule has 0 spiro atoms. The van der Waals surface area contributed by atoms with Gasteiger partial charge in [0.05, 0.1) is 11.6 Å². The Morgan fingerprint density at radius 3 is 2.93 bits per heavy atom. The molecule has 4 heteroatoms. The van der Waals surface area contributed by atoms with Gasteiger partial charge in [0.2, 0.25) is 0 Å². The first-order chi connectivity index (χ1) is 7.24. The van der Waals surface area contributed by atoms with Crippen molar-refractivity contribution in [2.45, 2.75) is 25.8 Å². The summed E-state index contributed by atoms with van der Waals surface area (Å²) in [6.07, 6.45) is 2.45. The molecular formula is C11H14N4. The molecule has 4 nitrogen and oxygen atoms in total. The average molecular weight is 202 g/mol. The van der Waals surface area contributed by atoms with Crippen molar-refractivity contribution in [1.82, 2.24) is 15.0 Å². The highest BCUT2D eigenvalue weighted by Crippen LogP contribution is 2.38. The molecule has 3 rings (SSSR count). The van der Waals surface area contributed by atoms with E-state index in [2.05, 4.69) is 15.0 Å².